The monoisotopic (exact) mass is 221 g/mol. The number of pyridine rings is 1. The summed E-state index contributed by atoms with van der Waals surface area (Å²) in [5.41, 5.74) is 1.28. The van der Waals surface area contributed by atoms with Crippen molar-refractivity contribution >= 4 is 0 Å². The Bertz CT molecular complexity index is 272. The van der Waals surface area contributed by atoms with Crippen LogP contribution in [0.25, 0.3) is 0 Å². The maximum absolute atomic E-state index is 4.00. The van der Waals surface area contributed by atoms with Crippen LogP contribution in [-0.2, 0) is 6.54 Å². The first kappa shape index (κ1) is 13.1. The molecule has 3 heteroatoms. The fourth-order valence-electron chi connectivity index (χ4n) is 1.45. The fourth-order valence-corrected chi connectivity index (χ4v) is 1.45. The highest BCUT2D eigenvalue weighted by Gasteiger charge is 2.01. The number of nitrogens with one attached hydrogen (secondary N) is 2. The minimum atomic E-state index is 0.493. The van der Waals surface area contributed by atoms with Gasteiger partial charge in [0.25, 0.3) is 0 Å². The second kappa shape index (κ2) is 7.36. The van der Waals surface area contributed by atoms with Gasteiger partial charge in [-0.2, -0.15) is 0 Å². The molecule has 0 bridgehead atoms. The van der Waals surface area contributed by atoms with Crippen molar-refractivity contribution in [1.29, 1.82) is 0 Å². The zero-order valence-electron chi connectivity index (χ0n) is 10.5. The molecule has 0 saturated carbocycles. The molecule has 1 aromatic heterocycles. The van der Waals surface area contributed by atoms with E-state index >= 15 is 0 Å². The molecule has 1 rings (SSSR count). The minimum Gasteiger partial charge on any atom is -0.315 e. The summed E-state index contributed by atoms with van der Waals surface area (Å²) < 4.78 is 0. The smallest absolute Gasteiger partial charge is 0.0271 e. The van der Waals surface area contributed by atoms with Crippen LogP contribution in [0.1, 0.15) is 26.3 Å². The quantitative estimate of drug-likeness (QED) is 0.737. The average molecular weight is 221 g/mol. The van der Waals surface area contributed by atoms with Crippen molar-refractivity contribution < 1.29 is 0 Å². The van der Waals surface area contributed by atoms with Crippen LogP contribution in [0, 0.1) is 5.92 Å². The number of hydrogen-bond acceptors (Lipinski definition) is 3. The van der Waals surface area contributed by atoms with Gasteiger partial charge in [0, 0.05) is 31.5 Å². The van der Waals surface area contributed by atoms with Gasteiger partial charge in [-0.25, -0.2) is 0 Å². The summed E-state index contributed by atoms with van der Waals surface area (Å²) >= 11 is 0. The molecule has 0 aromatic carbocycles. The van der Waals surface area contributed by atoms with Gasteiger partial charge in [0.15, 0.2) is 0 Å². The van der Waals surface area contributed by atoms with E-state index in [4.69, 9.17) is 0 Å². The van der Waals surface area contributed by atoms with Gasteiger partial charge in [0.2, 0.25) is 0 Å². The second-order valence-electron chi connectivity index (χ2n) is 4.69. The van der Waals surface area contributed by atoms with Crippen LogP contribution in [-0.4, -0.2) is 24.1 Å². The number of hydrogen-bond donors (Lipinski definition) is 2. The Labute approximate surface area is 98.7 Å². The molecule has 1 atom stereocenters. The molecule has 0 saturated heterocycles. The molecule has 0 radical (unpaired) electrons. The van der Waals surface area contributed by atoms with E-state index in [9.17, 15) is 0 Å². The number of aromatic nitrogens is 1. The second-order valence-corrected chi connectivity index (χ2v) is 4.69. The first-order valence-electron chi connectivity index (χ1n) is 6.01. The first-order chi connectivity index (χ1) is 7.68. The van der Waals surface area contributed by atoms with Crippen LogP contribution in [0.2, 0.25) is 0 Å². The number of nitrogens with zero attached hydrogens (tertiary/aromatic N) is 1. The lowest BCUT2D eigenvalue weighted by Crippen LogP contribution is -2.37. The van der Waals surface area contributed by atoms with Crippen LogP contribution in [0.3, 0.4) is 0 Å². The van der Waals surface area contributed by atoms with E-state index in [-0.39, 0.29) is 0 Å². The predicted molar refractivity (Wildman–Crippen MR) is 68.2 cm³/mol. The number of rotatable bonds is 7. The lowest BCUT2D eigenvalue weighted by Gasteiger charge is -2.15. The normalized spacial score (nSPS) is 13.0. The molecule has 0 amide bonds. The largest absolute Gasteiger partial charge is 0.315 e. The summed E-state index contributed by atoms with van der Waals surface area (Å²) in [5.74, 6) is 0.715. The molecule has 1 aromatic rings. The molecule has 1 unspecified atom stereocenters. The minimum absolute atomic E-state index is 0.493. The van der Waals surface area contributed by atoms with Gasteiger partial charge < -0.3 is 10.6 Å². The van der Waals surface area contributed by atoms with Gasteiger partial charge in [0.1, 0.15) is 0 Å². The summed E-state index contributed by atoms with van der Waals surface area (Å²) in [6.45, 7) is 9.66. The fraction of sp³-hybridized carbons (Fsp3) is 0.615. The average Bonchev–Trinajstić information content (AvgIpc) is 2.27. The third kappa shape index (κ3) is 5.83. The van der Waals surface area contributed by atoms with Crippen molar-refractivity contribution in [1.82, 2.24) is 15.6 Å². The summed E-state index contributed by atoms with van der Waals surface area (Å²) in [7, 11) is 0. The van der Waals surface area contributed by atoms with E-state index < -0.39 is 0 Å². The molecule has 0 fully saturated rings. The third-order valence-corrected chi connectivity index (χ3v) is 2.41. The van der Waals surface area contributed by atoms with Crippen LogP contribution in [0.4, 0.5) is 0 Å². The standard InChI is InChI=1S/C13H23N3/c1-11(2)8-15-9-12(3)16-10-13-4-6-14-7-5-13/h4-7,11-12,15-16H,8-10H2,1-3H3. The van der Waals surface area contributed by atoms with Crippen LogP contribution in [0.15, 0.2) is 24.5 Å². The first-order valence-corrected chi connectivity index (χ1v) is 6.01. The summed E-state index contributed by atoms with van der Waals surface area (Å²) in [6, 6.07) is 4.58. The van der Waals surface area contributed by atoms with E-state index in [1.807, 2.05) is 24.5 Å². The van der Waals surface area contributed by atoms with Gasteiger partial charge in [-0.15, -0.1) is 0 Å². The maximum Gasteiger partial charge on any atom is 0.0271 e. The Balaban J connectivity index is 2.13. The Morgan fingerprint density at radius 3 is 2.44 bits per heavy atom. The molecule has 0 spiro atoms. The molecule has 0 aliphatic rings. The van der Waals surface area contributed by atoms with Gasteiger partial charge in [0.05, 0.1) is 0 Å². The molecule has 0 aliphatic heterocycles. The molecule has 16 heavy (non-hydrogen) atoms. The van der Waals surface area contributed by atoms with Crippen molar-refractivity contribution in [2.45, 2.75) is 33.4 Å². The van der Waals surface area contributed by atoms with E-state index in [0.717, 1.165) is 19.6 Å². The Hall–Kier alpha value is -0.930. The highest BCUT2D eigenvalue weighted by Crippen LogP contribution is 1.96. The van der Waals surface area contributed by atoms with Crippen LogP contribution < -0.4 is 10.6 Å². The van der Waals surface area contributed by atoms with Gasteiger partial charge in [-0.05, 0) is 37.1 Å². The van der Waals surface area contributed by atoms with E-state index in [0.29, 0.717) is 12.0 Å². The molecule has 1 heterocycles. The zero-order valence-corrected chi connectivity index (χ0v) is 10.5. The Morgan fingerprint density at radius 2 is 1.81 bits per heavy atom. The summed E-state index contributed by atoms with van der Waals surface area (Å²) in [6.07, 6.45) is 3.66. The van der Waals surface area contributed by atoms with Crippen molar-refractivity contribution in [3.63, 3.8) is 0 Å². The third-order valence-electron chi connectivity index (χ3n) is 2.41. The van der Waals surface area contributed by atoms with Crippen molar-refractivity contribution in [2.75, 3.05) is 13.1 Å². The maximum atomic E-state index is 4.00. The molecule has 0 aliphatic carbocycles. The Kier molecular flexibility index (Phi) is 6.04. The highest BCUT2D eigenvalue weighted by molar-refractivity contribution is 5.09. The van der Waals surface area contributed by atoms with Gasteiger partial charge in [-0.1, -0.05) is 13.8 Å². The molecule has 3 nitrogen and oxygen atoms in total. The zero-order chi connectivity index (χ0) is 11.8. The lowest BCUT2D eigenvalue weighted by molar-refractivity contribution is 0.472. The van der Waals surface area contributed by atoms with Crippen molar-refractivity contribution in [2.24, 2.45) is 5.92 Å². The molecule has 2 N–H and O–H groups in total. The van der Waals surface area contributed by atoms with Gasteiger partial charge in [-0.3, -0.25) is 4.98 Å². The molecular weight excluding hydrogens is 198 g/mol. The summed E-state index contributed by atoms with van der Waals surface area (Å²) in [5, 5.41) is 6.93. The molecular formula is C13H23N3. The van der Waals surface area contributed by atoms with E-state index in [1.165, 1.54) is 5.56 Å². The molecule has 90 valence electrons. The summed E-state index contributed by atoms with van der Waals surface area (Å²) in [4.78, 5) is 4.00. The predicted octanol–water partition coefficient (Wildman–Crippen LogP) is 1.81. The van der Waals surface area contributed by atoms with Crippen molar-refractivity contribution in [3.05, 3.63) is 30.1 Å². The topological polar surface area (TPSA) is 37.0 Å². The lowest BCUT2D eigenvalue weighted by atomic mass is 10.2. The van der Waals surface area contributed by atoms with E-state index in [1.54, 1.807) is 0 Å². The van der Waals surface area contributed by atoms with Crippen LogP contribution >= 0.6 is 0 Å². The van der Waals surface area contributed by atoms with Crippen molar-refractivity contribution in [3.8, 4) is 0 Å². The van der Waals surface area contributed by atoms with Crippen LogP contribution in [0.5, 0.6) is 0 Å². The van der Waals surface area contributed by atoms with E-state index in [2.05, 4.69) is 36.4 Å². The highest BCUT2D eigenvalue weighted by atomic mass is 15.0. The Morgan fingerprint density at radius 1 is 1.12 bits per heavy atom. The van der Waals surface area contributed by atoms with Gasteiger partial charge >= 0.3 is 0 Å². The SMILES string of the molecule is CC(C)CNCC(C)NCc1ccncc1.